The first-order valence-electron chi connectivity index (χ1n) is 15.0. The zero-order chi connectivity index (χ0) is 32.2. The normalized spacial score (nSPS) is 34.9. The summed E-state index contributed by atoms with van der Waals surface area (Å²) in [6.07, 6.45) is 3.84. The average Bonchev–Trinajstić information content (AvgIpc) is 3.29. The van der Waals surface area contributed by atoms with Crippen molar-refractivity contribution in [1.29, 1.82) is 5.26 Å². The maximum absolute atomic E-state index is 17.5. The first kappa shape index (κ1) is 31.1. The van der Waals surface area contributed by atoms with Crippen LogP contribution in [0.1, 0.15) is 56.3 Å². The molecule has 7 atom stereocenters. The Kier molecular flexibility index (Phi) is 7.69. The molecule has 10 heteroatoms. The summed E-state index contributed by atoms with van der Waals surface area (Å²) in [5, 5.41) is 30.6. The Morgan fingerprint density at radius 1 is 1.11 bits per heavy atom. The predicted octanol–water partition coefficient (Wildman–Crippen LogP) is 5.88. The monoisotopic (exact) mass is 631 g/mol. The molecule has 0 bridgehead atoms. The fourth-order valence-corrected chi connectivity index (χ4v) is 9.39. The molecule has 0 spiro atoms. The molecule has 0 saturated heterocycles. The summed E-state index contributed by atoms with van der Waals surface area (Å²) in [6, 6.07) is 15.2. The number of aliphatic hydroxyl groups is 1. The topological polar surface area (TPSA) is 134 Å². The number of aromatic hydroxyl groups is 1. The molecule has 8 nitrogen and oxygen atoms in total. The number of phenolic OH excluding ortho intramolecular Hbond substituents is 1. The Bertz CT molecular complexity index is 1670. The molecule has 45 heavy (non-hydrogen) atoms. The molecule has 2 aromatic carbocycles. The van der Waals surface area contributed by atoms with Crippen molar-refractivity contribution in [2.24, 2.45) is 22.7 Å². The quantitative estimate of drug-likeness (QED) is 0.375. The third-order valence-electron chi connectivity index (χ3n) is 10.8. The van der Waals surface area contributed by atoms with E-state index in [4.69, 9.17) is 14.7 Å². The van der Waals surface area contributed by atoms with Gasteiger partial charge in [-0.1, -0.05) is 36.4 Å². The zero-order valence-electron chi connectivity index (χ0n) is 25.0. The molecule has 3 saturated carbocycles. The van der Waals surface area contributed by atoms with Crippen molar-refractivity contribution in [2.45, 2.75) is 73.1 Å². The number of halogens is 1. The van der Waals surface area contributed by atoms with E-state index in [1.807, 2.05) is 6.07 Å². The summed E-state index contributed by atoms with van der Waals surface area (Å²) in [5.41, 5.74) is -5.55. The van der Waals surface area contributed by atoms with Crippen molar-refractivity contribution in [3.05, 3.63) is 77.9 Å². The number of carbonyl (C=O) groups excluding carboxylic acids is 3. The largest absolute Gasteiger partial charge is 0.508 e. The van der Waals surface area contributed by atoms with Gasteiger partial charge in [-0.3, -0.25) is 4.79 Å². The highest BCUT2D eigenvalue weighted by molar-refractivity contribution is 7.99. The summed E-state index contributed by atoms with van der Waals surface area (Å²) in [7, 11) is 0. The van der Waals surface area contributed by atoms with Gasteiger partial charge in [0, 0.05) is 26.5 Å². The van der Waals surface area contributed by atoms with E-state index in [9.17, 15) is 24.6 Å². The lowest BCUT2D eigenvalue weighted by Crippen LogP contribution is -2.69. The third-order valence-corrected chi connectivity index (χ3v) is 11.8. The van der Waals surface area contributed by atoms with E-state index in [1.165, 1.54) is 23.9 Å². The highest BCUT2D eigenvalue weighted by Crippen LogP contribution is 2.70. The minimum absolute atomic E-state index is 0.0443. The number of ether oxygens (including phenoxy) is 2. The Labute approximate surface area is 264 Å². The zero-order valence-corrected chi connectivity index (χ0v) is 25.8. The van der Waals surface area contributed by atoms with Gasteiger partial charge in [-0.2, -0.15) is 5.26 Å². The van der Waals surface area contributed by atoms with Gasteiger partial charge >= 0.3 is 11.9 Å². The maximum Gasteiger partial charge on any atom is 0.352 e. The average molecular weight is 632 g/mol. The molecule has 4 aliphatic rings. The Morgan fingerprint density at radius 3 is 2.58 bits per heavy atom. The molecule has 0 aliphatic heterocycles. The van der Waals surface area contributed by atoms with Crippen molar-refractivity contribution in [1.82, 2.24) is 0 Å². The van der Waals surface area contributed by atoms with Crippen LogP contribution in [-0.2, 0) is 19.1 Å². The number of hydrogen-bond donors (Lipinski definition) is 2. The minimum Gasteiger partial charge on any atom is -0.508 e. The van der Waals surface area contributed by atoms with Gasteiger partial charge in [0.25, 0.3) is 0 Å². The second kappa shape index (κ2) is 11.1. The van der Waals surface area contributed by atoms with Crippen molar-refractivity contribution in [2.75, 3.05) is 6.61 Å². The van der Waals surface area contributed by atoms with Crippen LogP contribution in [0.25, 0.3) is 0 Å². The Hall–Kier alpha value is -3.94. The molecule has 2 aromatic rings. The Morgan fingerprint density at radius 2 is 1.87 bits per heavy atom. The second-order valence-corrected chi connectivity index (χ2v) is 14.0. The minimum atomic E-state index is -2.11. The maximum atomic E-state index is 17.5. The van der Waals surface area contributed by atoms with Crippen LogP contribution in [0.5, 0.6) is 5.75 Å². The summed E-state index contributed by atoms with van der Waals surface area (Å²) in [4.78, 5) is 41.2. The van der Waals surface area contributed by atoms with Crippen LogP contribution >= 0.6 is 11.8 Å². The van der Waals surface area contributed by atoms with Gasteiger partial charge in [0.15, 0.2) is 18.1 Å². The lowest BCUT2D eigenvalue weighted by Gasteiger charge is -2.62. The molecule has 6 rings (SSSR count). The van der Waals surface area contributed by atoms with E-state index >= 15 is 4.39 Å². The third kappa shape index (κ3) is 4.70. The van der Waals surface area contributed by atoms with Gasteiger partial charge < -0.3 is 19.7 Å². The molecule has 0 heterocycles. The van der Waals surface area contributed by atoms with Crippen molar-refractivity contribution in [3.63, 3.8) is 0 Å². The second-order valence-electron chi connectivity index (χ2n) is 12.9. The molecule has 0 radical (unpaired) electrons. The SMILES string of the molecule is C[C@]12C=CC(=O)C=C1CC[C@H]1[C@@H]3CC[C@@](OC(=O)c4ccc(Sc5cccc(O)c5)cc4)(C(=O)OCC#N)[C@@]3(C)C[C@H](O)C12F. The van der Waals surface area contributed by atoms with Gasteiger partial charge in [-0.05, 0) is 99.6 Å². The number of fused-ring (bicyclic) bond motifs is 5. The van der Waals surface area contributed by atoms with Crippen LogP contribution in [-0.4, -0.2) is 51.9 Å². The van der Waals surface area contributed by atoms with Crippen molar-refractivity contribution in [3.8, 4) is 11.8 Å². The molecule has 0 aromatic heterocycles. The Balaban J connectivity index is 1.31. The fraction of sp³-hybridized carbons (Fsp3) is 0.429. The molecule has 4 aliphatic carbocycles. The van der Waals surface area contributed by atoms with Crippen molar-refractivity contribution >= 4 is 29.5 Å². The number of benzene rings is 2. The number of allylic oxidation sites excluding steroid dienone is 4. The fourth-order valence-electron chi connectivity index (χ4n) is 8.52. The van der Waals surface area contributed by atoms with E-state index in [2.05, 4.69) is 0 Å². The number of aliphatic hydroxyl groups excluding tert-OH is 1. The molecule has 0 amide bonds. The summed E-state index contributed by atoms with van der Waals surface area (Å²) in [5.74, 6) is -2.89. The van der Waals surface area contributed by atoms with Crippen LogP contribution in [0, 0.1) is 34.0 Å². The van der Waals surface area contributed by atoms with E-state index in [-0.39, 0.29) is 29.9 Å². The standard InChI is InChI=1S/C35H34FNO7S/c1-32-14-12-24(39)18-22(32)8-11-28-27-13-15-34(31(42)43-17-16-37,33(27,2)20-29(40)35(28,32)36)44-30(41)21-6-9-25(10-7-21)45-26-5-3-4-23(38)19-26/h3-7,9-10,12,14,18-19,27-29,38,40H,8,11,13,15,17,20H2,1-2H3/t27-,28-,29-,32-,33-,34+,35?/m0/s1. The number of nitrogens with zero attached hydrogens (tertiary/aromatic N) is 1. The summed E-state index contributed by atoms with van der Waals surface area (Å²) in [6.45, 7) is 2.91. The number of nitriles is 1. The van der Waals surface area contributed by atoms with E-state index in [1.54, 1.807) is 68.5 Å². The first-order valence-corrected chi connectivity index (χ1v) is 15.9. The van der Waals surface area contributed by atoms with Crippen LogP contribution in [0.4, 0.5) is 4.39 Å². The first-order chi connectivity index (χ1) is 21.4. The van der Waals surface area contributed by atoms with Crippen LogP contribution in [0.2, 0.25) is 0 Å². The highest BCUT2D eigenvalue weighted by atomic mass is 32.2. The lowest BCUT2D eigenvalue weighted by atomic mass is 9.45. The molecule has 1 unspecified atom stereocenters. The van der Waals surface area contributed by atoms with Gasteiger partial charge in [0.2, 0.25) is 5.60 Å². The van der Waals surface area contributed by atoms with Gasteiger partial charge in [0.05, 0.1) is 11.7 Å². The predicted molar refractivity (Wildman–Crippen MR) is 162 cm³/mol. The van der Waals surface area contributed by atoms with Crippen LogP contribution in [0.15, 0.2) is 82.1 Å². The number of carbonyl (C=O) groups is 3. The summed E-state index contributed by atoms with van der Waals surface area (Å²) < 4.78 is 29.0. The summed E-state index contributed by atoms with van der Waals surface area (Å²) >= 11 is 1.39. The van der Waals surface area contributed by atoms with Gasteiger partial charge in [-0.15, -0.1) is 0 Å². The van der Waals surface area contributed by atoms with Crippen molar-refractivity contribution < 1.29 is 38.5 Å². The highest BCUT2D eigenvalue weighted by Gasteiger charge is 2.76. The number of hydrogen-bond acceptors (Lipinski definition) is 9. The number of phenols is 1. The van der Waals surface area contributed by atoms with E-state index < -0.39 is 58.6 Å². The molecule has 3 fully saturated rings. The molecule has 234 valence electrons. The molecule has 2 N–H and O–H groups in total. The molecular formula is C35H34FNO7S. The smallest absolute Gasteiger partial charge is 0.352 e. The van der Waals surface area contributed by atoms with Crippen LogP contribution in [0.3, 0.4) is 0 Å². The number of ketones is 1. The van der Waals surface area contributed by atoms with Gasteiger partial charge in [0.1, 0.15) is 11.8 Å². The number of esters is 2. The van der Waals surface area contributed by atoms with Gasteiger partial charge in [-0.25, -0.2) is 14.0 Å². The van der Waals surface area contributed by atoms with E-state index in [0.29, 0.717) is 24.8 Å². The van der Waals surface area contributed by atoms with E-state index in [0.717, 1.165) is 9.79 Å². The number of rotatable bonds is 6. The van der Waals surface area contributed by atoms with Crippen LogP contribution < -0.4 is 0 Å². The number of alkyl halides is 1. The molecular weight excluding hydrogens is 597 g/mol. The lowest BCUT2D eigenvalue weighted by molar-refractivity contribution is -0.224.